The van der Waals surface area contributed by atoms with E-state index in [-0.39, 0.29) is 4.90 Å². The van der Waals surface area contributed by atoms with E-state index in [1.807, 2.05) is 0 Å². The van der Waals surface area contributed by atoms with Crippen LogP contribution in [0.1, 0.15) is 130 Å². The second-order valence-electron chi connectivity index (χ2n) is 8.25. The molecule has 0 saturated heterocycles. The summed E-state index contributed by atoms with van der Waals surface area (Å²) in [7, 11) is -4.00. The number of hydrogen-bond acceptors (Lipinski definition) is 4. The molecule has 0 aromatic heterocycles. The molecule has 0 spiro atoms. The average Bonchev–Trinajstić information content (AvgIpc) is 2.94. The molecule has 0 aliphatic rings. The van der Waals surface area contributed by atoms with Gasteiger partial charge < -0.3 is 25.9 Å². The molecule has 1 aromatic rings. The molecule has 7 heteroatoms. The van der Waals surface area contributed by atoms with Gasteiger partial charge in [-0.3, -0.25) is 4.55 Å². The standard InChI is InChI=1S/C12H26O.C6H6O3S.3C4H9.O.Ti/c1-2-3-4-5-6-7-8-9-10-11-12-13;7-10(8,9)6-4-2-1-3-5-6;3*1-3-4-2;;/h13H,2-12H2,1H3;1-5H,(H,7,8,9);3*1,3-4H2,2H3;;/q;;3*-1;;. The quantitative estimate of drug-likeness (QED) is 0.0991. The van der Waals surface area contributed by atoms with Crippen molar-refractivity contribution in [3.8, 4) is 0 Å². The van der Waals surface area contributed by atoms with Crippen molar-refractivity contribution < 1.29 is 41.8 Å². The fraction of sp³-hybridized carbons (Fsp3) is 0.700. The summed E-state index contributed by atoms with van der Waals surface area (Å²) in [4.78, 5) is -0.0741. The van der Waals surface area contributed by atoms with E-state index >= 15 is 0 Å². The van der Waals surface area contributed by atoms with Crippen LogP contribution in [0.3, 0.4) is 0 Å². The van der Waals surface area contributed by atoms with Crippen LogP contribution in [-0.4, -0.2) is 24.7 Å². The molecule has 222 valence electrons. The molecule has 0 heterocycles. The van der Waals surface area contributed by atoms with Crippen LogP contribution >= 0.6 is 0 Å². The fourth-order valence-electron chi connectivity index (χ4n) is 2.19. The summed E-state index contributed by atoms with van der Waals surface area (Å²) >= 11 is 0.750. The van der Waals surface area contributed by atoms with Crippen LogP contribution in [0.5, 0.6) is 0 Å². The van der Waals surface area contributed by atoms with Crippen molar-refractivity contribution >= 4 is 10.1 Å². The summed E-state index contributed by atoms with van der Waals surface area (Å²) in [5.74, 6) is 0. The van der Waals surface area contributed by atoms with Gasteiger partial charge in [0, 0.05) is 6.61 Å². The third-order valence-corrected chi connectivity index (χ3v) is 5.48. The molecule has 1 aromatic carbocycles. The molecule has 5 nitrogen and oxygen atoms in total. The van der Waals surface area contributed by atoms with E-state index in [1.54, 1.807) is 18.2 Å². The molecule has 0 amide bonds. The molecule has 0 aliphatic heterocycles. The topological polar surface area (TPSA) is 91.7 Å². The van der Waals surface area contributed by atoms with Gasteiger partial charge in [-0.15, -0.1) is 0 Å². The molecule has 2 N–H and O–H groups in total. The molecule has 0 atom stereocenters. The molecule has 0 unspecified atom stereocenters. The first-order chi connectivity index (χ1) is 17.8. The Morgan fingerprint density at radius 1 is 0.622 bits per heavy atom. The number of benzene rings is 1. The molecule has 0 radical (unpaired) electrons. The van der Waals surface area contributed by atoms with Crippen molar-refractivity contribution in [2.24, 2.45) is 0 Å². The Kier molecular flexibility index (Phi) is 57.2. The first kappa shape index (κ1) is 46.5. The van der Waals surface area contributed by atoms with Crippen LogP contribution in [0.2, 0.25) is 0 Å². The zero-order valence-corrected chi connectivity index (χ0v) is 26.9. The van der Waals surface area contributed by atoms with Crippen molar-refractivity contribution in [2.45, 2.75) is 135 Å². The third kappa shape index (κ3) is 56.8. The first-order valence-corrected chi connectivity index (χ1v) is 16.1. The Hall–Kier alpha value is -0.396. The van der Waals surface area contributed by atoms with Crippen LogP contribution < -0.4 is 0 Å². The number of aliphatic hydroxyl groups is 1. The summed E-state index contributed by atoms with van der Waals surface area (Å²) in [5, 5.41) is 8.57. The van der Waals surface area contributed by atoms with Gasteiger partial charge in [0.1, 0.15) is 0 Å². The van der Waals surface area contributed by atoms with Crippen LogP contribution in [-0.2, 0) is 33.8 Å². The Balaban J connectivity index is -0.000000125. The van der Waals surface area contributed by atoms with Gasteiger partial charge in [0.2, 0.25) is 0 Å². The molecule has 0 aliphatic carbocycles. The normalized spacial score (nSPS) is 9.30. The van der Waals surface area contributed by atoms with Crippen LogP contribution in [0.25, 0.3) is 0 Å². The van der Waals surface area contributed by atoms with Gasteiger partial charge >= 0.3 is 23.7 Å². The minimum atomic E-state index is -4.00. The van der Waals surface area contributed by atoms with Crippen molar-refractivity contribution in [3.63, 3.8) is 0 Å². The van der Waals surface area contributed by atoms with Crippen LogP contribution in [0, 0.1) is 20.8 Å². The summed E-state index contributed by atoms with van der Waals surface area (Å²) in [6.45, 7) is 19.8. The van der Waals surface area contributed by atoms with E-state index in [2.05, 4.69) is 48.5 Å². The van der Waals surface area contributed by atoms with E-state index in [0.717, 1.165) is 46.1 Å². The third-order valence-electron chi connectivity index (χ3n) is 4.61. The van der Waals surface area contributed by atoms with E-state index in [9.17, 15) is 8.42 Å². The van der Waals surface area contributed by atoms with Gasteiger partial charge in [-0.05, 0) is 18.6 Å². The monoisotopic (exact) mass is 579 g/mol. The van der Waals surface area contributed by atoms with E-state index in [0.29, 0.717) is 6.61 Å². The predicted octanol–water partition coefficient (Wildman–Crippen LogP) is 9.57. The van der Waals surface area contributed by atoms with Gasteiger partial charge in [0.25, 0.3) is 10.1 Å². The fourth-order valence-corrected chi connectivity index (χ4v) is 2.69. The Morgan fingerprint density at radius 3 is 1.14 bits per heavy atom. The number of hydrogen-bond donors (Lipinski definition) is 2. The molecule has 1 rings (SSSR count). The number of aliphatic hydroxyl groups excluding tert-OH is 1. The van der Waals surface area contributed by atoms with Crippen LogP contribution in [0.4, 0.5) is 0 Å². The number of rotatable bonds is 14. The van der Waals surface area contributed by atoms with Crippen molar-refractivity contribution in [3.05, 3.63) is 51.1 Å². The molecular formula is C30H59O5STi-3. The second-order valence-corrected chi connectivity index (χ2v) is 9.68. The van der Waals surface area contributed by atoms with Gasteiger partial charge in [-0.25, -0.2) is 0 Å². The molecule has 0 saturated carbocycles. The molecular weight excluding hydrogens is 520 g/mol. The zero-order valence-electron chi connectivity index (χ0n) is 24.6. The zero-order chi connectivity index (χ0) is 29.6. The van der Waals surface area contributed by atoms with Crippen molar-refractivity contribution in [2.75, 3.05) is 6.61 Å². The van der Waals surface area contributed by atoms with E-state index in [1.165, 1.54) is 89.2 Å². The average molecular weight is 580 g/mol. The maximum atomic E-state index is 10.4. The second kappa shape index (κ2) is 45.5. The van der Waals surface area contributed by atoms with E-state index < -0.39 is 10.1 Å². The molecule has 37 heavy (non-hydrogen) atoms. The van der Waals surface area contributed by atoms with Crippen LogP contribution in [0.15, 0.2) is 35.2 Å². The summed E-state index contributed by atoms with van der Waals surface area (Å²) in [5.41, 5.74) is 0. The SMILES string of the molecule is CCCCCCCCCCCCO.O=S(=O)(O)c1ccccc1.[CH2-]CCC.[CH2-]CCC.[CH2-]CCC.[O]=[Ti]. The van der Waals surface area contributed by atoms with Gasteiger partial charge in [-0.1, -0.05) is 123 Å². The van der Waals surface area contributed by atoms with Crippen molar-refractivity contribution in [1.82, 2.24) is 0 Å². The summed E-state index contributed by atoms with van der Waals surface area (Å²) in [6, 6.07) is 7.42. The minimum absolute atomic E-state index is 0.0741. The van der Waals surface area contributed by atoms with Crippen molar-refractivity contribution in [1.29, 1.82) is 0 Å². The summed E-state index contributed by atoms with van der Waals surface area (Å²) in [6.07, 6.45) is 20.1. The molecule has 0 bridgehead atoms. The Labute approximate surface area is 244 Å². The van der Waals surface area contributed by atoms with Gasteiger partial charge in [0.05, 0.1) is 4.90 Å². The van der Waals surface area contributed by atoms with Gasteiger partial charge in [-0.2, -0.15) is 27.7 Å². The Bertz CT molecular complexity index is 543. The molecule has 0 fully saturated rings. The first-order valence-electron chi connectivity index (χ1n) is 14.0. The van der Waals surface area contributed by atoms with Gasteiger partial charge in [0.15, 0.2) is 0 Å². The predicted molar refractivity (Wildman–Crippen MR) is 157 cm³/mol. The number of unbranched alkanes of at least 4 members (excludes halogenated alkanes) is 12. The summed E-state index contributed by atoms with van der Waals surface area (Å²) < 4.78 is 37.5. The maximum absolute atomic E-state index is 10.4. The Morgan fingerprint density at radius 2 is 0.919 bits per heavy atom. The van der Waals surface area contributed by atoms with E-state index in [4.69, 9.17) is 13.0 Å².